The Labute approximate surface area is 226 Å². The number of aromatic nitrogens is 2. The standard InChI is InChI=1S/C23H25ClN6O2.C2HF3O2/c24-20-6-1-2-7-21(20)29-23(32)28-18-14-27-30(15-18)19-5-3-4-17(12-19)22(31)26-13-16-8-10-25-11-9-16;3-2(4,5)1(6)7/h1-7,12,14-16,25H,8-11,13H2,(H,26,31)(H2,28,29,32);(H,6,7). The van der Waals surface area contributed by atoms with Crippen molar-refractivity contribution in [3.05, 3.63) is 71.5 Å². The highest BCUT2D eigenvalue weighted by Crippen LogP contribution is 2.21. The molecule has 2 heterocycles. The Kier molecular flexibility index (Phi) is 10.3. The van der Waals surface area contributed by atoms with Gasteiger partial charge < -0.3 is 26.4 Å². The number of piperidine rings is 1. The molecule has 2 aromatic carbocycles. The number of benzene rings is 2. The molecule has 5 N–H and O–H groups in total. The minimum atomic E-state index is -5.08. The Balaban J connectivity index is 0.000000532. The van der Waals surface area contributed by atoms with E-state index in [4.69, 9.17) is 21.5 Å². The topological polar surface area (TPSA) is 137 Å². The van der Waals surface area contributed by atoms with Gasteiger partial charge in [-0.25, -0.2) is 14.3 Å². The fraction of sp³-hybridized carbons (Fsp3) is 0.280. The minimum Gasteiger partial charge on any atom is -0.475 e. The lowest BCUT2D eigenvalue weighted by molar-refractivity contribution is -0.192. The van der Waals surface area contributed by atoms with E-state index in [1.807, 2.05) is 12.1 Å². The number of carboxylic acid groups (broad SMARTS) is 1. The molecule has 1 aromatic heterocycles. The first kappa shape index (κ1) is 29.5. The van der Waals surface area contributed by atoms with E-state index >= 15 is 0 Å². The number of urea groups is 1. The Morgan fingerprint density at radius 3 is 2.44 bits per heavy atom. The number of hydrogen-bond acceptors (Lipinski definition) is 5. The van der Waals surface area contributed by atoms with E-state index in [0.29, 0.717) is 34.4 Å². The van der Waals surface area contributed by atoms with Crippen molar-refractivity contribution in [3.63, 3.8) is 0 Å². The summed E-state index contributed by atoms with van der Waals surface area (Å²) in [5, 5.41) is 23.7. The van der Waals surface area contributed by atoms with Crippen LogP contribution in [-0.2, 0) is 4.79 Å². The summed E-state index contributed by atoms with van der Waals surface area (Å²) in [4.78, 5) is 33.7. The van der Waals surface area contributed by atoms with Gasteiger partial charge in [-0.05, 0) is 62.2 Å². The summed E-state index contributed by atoms with van der Waals surface area (Å²) in [5.41, 5.74) is 2.31. The SMILES string of the molecule is O=C(Nc1cnn(-c2cccc(C(=O)NCC3CCNCC3)c2)c1)Nc1ccccc1Cl.O=C(O)C(F)(F)F. The molecule has 1 aliphatic rings. The highest BCUT2D eigenvalue weighted by atomic mass is 35.5. The third kappa shape index (κ3) is 9.30. The van der Waals surface area contributed by atoms with E-state index < -0.39 is 18.2 Å². The molecule has 4 rings (SSSR count). The third-order valence-corrected chi connectivity index (χ3v) is 5.92. The summed E-state index contributed by atoms with van der Waals surface area (Å²) in [7, 11) is 0. The highest BCUT2D eigenvalue weighted by molar-refractivity contribution is 6.33. The second-order valence-corrected chi connectivity index (χ2v) is 8.90. The lowest BCUT2D eigenvalue weighted by atomic mass is 9.98. The van der Waals surface area contributed by atoms with Crippen LogP contribution in [0.15, 0.2) is 60.9 Å². The summed E-state index contributed by atoms with van der Waals surface area (Å²) in [6, 6.07) is 13.8. The van der Waals surface area contributed by atoms with E-state index in [1.165, 1.54) is 6.20 Å². The molecule has 0 bridgehead atoms. The third-order valence-electron chi connectivity index (χ3n) is 5.59. The van der Waals surface area contributed by atoms with E-state index in [9.17, 15) is 22.8 Å². The number of carboxylic acids is 1. The molecule has 0 radical (unpaired) electrons. The number of alkyl halides is 3. The number of carbonyl (C=O) groups excluding carboxylic acids is 2. The second-order valence-electron chi connectivity index (χ2n) is 8.49. The van der Waals surface area contributed by atoms with Gasteiger partial charge in [0.25, 0.3) is 5.91 Å². The van der Waals surface area contributed by atoms with Gasteiger partial charge in [0, 0.05) is 12.1 Å². The van der Waals surface area contributed by atoms with Gasteiger partial charge in [0.2, 0.25) is 0 Å². The van der Waals surface area contributed by atoms with Gasteiger partial charge >= 0.3 is 18.2 Å². The summed E-state index contributed by atoms with van der Waals surface area (Å²) in [6.45, 7) is 2.69. The normalized spacial score (nSPS) is 13.5. The summed E-state index contributed by atoms with van der Waals surface area (Å²) < 4.78 is 33.3. The molecule has 0 saturated carbocycles. The van der Waals surface area contributed by atoms with Crippen LogP contribution in [0, 0.1) is 5.92 Å². The monoisotopic (exact) mass is 566 g/mol. The van der Waals surface area contributed by atoms with Gasteiger partial charge in [0.05, 0.1) is 34.5 Å². The molecule has 0 atom stereocenters. The van der Waals surface area contributed by atoms with Crippen molar-refractivity contribution < 1.29 is 32.7 Å². The average molecular weight is 567 g/mol. The van der Waals surface area contributed by atoms with Gasteiger partial charge in [0.15, 0.2) is 0 Å². The maximum atomic E-state index is 12.6. The van der Waals surface area contributed by atoms with Crippen LogP contribution in [-0.4, -0.2) is 58.6 Å². The molecule has 14 heteroatoms. The largest absolute Gasteiger partial charge is 0.490 e. The predicted molar refractivity (Wildman–Crippen MR) is 139 cm³/mol. The molecule has 3 amide bonds. The van der Waals surface area contributed by atoms with E-state index in [1.54, 1.807) is 47.3 Å². The van der Waals surface area contributed by atoms with Crippen molar-refractivity contribution in [2.24, 2.45) is 5.92 Å². The van der Waals surface area contributed by atoms with Gasteiger partial charge in [-0.15, -0.1) is 0 Å². The number of hydrogen-bond donors (Lipinski definition) is 5. The van der Waals surface area contributed by atoms with E-state index in [2.05, 4.69) is 26.4 Å². The molecule has 1 aliphatic heterocycles. The molecule has 0 aliphatic carbocycles. The number of anilines is 2. The zero-order chi connectivity index (χ0) is 28.4. The van der Waals surface area contributed by atoms with Crippen molar-refractivity contribution >= 4 is 40.9 Å². The predicted octanol–water partition coefficient (Wildman–Crippen LogP) is 4.53. The second kappa shape index (κ2) is 13.6. The first-order valence-corrected chi connectivity index (χ1v) is 12.2. The summed E-state index contributed by atoms with van der Waals surface area (Å²) in [5.74, 6) is -2.34. The quantitative estimate of drug-likeness (QED) is 0.297. The lowest BCUT2D eigenvalue weighted by Gasteiger charge is -2.22. The van der Waals surface area contributed by atoms with Gasteiger partial charge in [0.1, 0.15) is 0 Å². The Bertz CT molecular complexity index is 1290. The number of nitrogens with zero attached hydrogens (tertiary/aromatic N) is 2. The number of carbonyl (C=O) groups is 3. The van der Waals surface area contributed by atoms with Gasteiger partial charge in [-0.1, -0.05) is 29.8 Å². The van der Waals surface area contributed by atoms with Crippen LogP contribution in [0.3, 0.4) is 0 Å². The van der Waals surface area contributed by atoms with Crippen LogP contribution in [0.1, 0.15) is 23.2 Å². The number of aliphatic carboxylic acids is 1. The highest BCUT2D eigenvalue weighted by Gasteiger charge is 2.38. The van der Waals surface area contributed by atoms with Crippen LogP contribution >= 0.6 is 11.6 Å². The van der Waals surface area contributed by atoms with Crippen LogP contribution in [0.4, 0.5) is 29.3 Å². The maximum Gasteiger partial charge on any atom is 0.490 e. The Morgan fingerprint density at radius 2 is 1.77 bits per heavy atom. The molecule has 10 nitrogen and oxygen atoms in total. The summed E-state index contributed by atoms with van der Waals surface area (Å²) >= 11 is 6.07. The first-order valence-electron chi connectivity index (χ1n) is 11.8. The molecular formula is C25H26ClF3N6O4. The maximum absolute atomic E-state index is 12.6. The number of amides is 3. The molecule has 3 aromatic rings. The van der Waals surface area contributed by atoms with Gasteiger partial charge in [-0.2, -0.15) is 18.3 Å². The molecule has 0 unspecified atom stereocenters. The number of nitrogens with one attached hydrogen (secondary N) is 4. The first-order chi connectivity index (χ1) is 18.5. The minimum absolute atomic E-state index is 0.102. The van der Waals surface area contributed by atoms with Crippen molar-refractivity contribution in [2.75, 3.05) is 30.3 Å². The Hall–Kier alpha value is -4.10. The fourth-order valence-corrected chi connectivity index (χ4v) is 3.77. The number of para-hydroxylation sites is 1. The number of halogens is 4. The Morgan fingerprint density at radius 1 is 1.08 bits per heavy atom. The van der Waals surface area contributed by atoms with Crippen LogP contribution in [0.2, 0.25) is 5.02 Å². The molecular weight excluding hydrogens is 541 g/mol. The van der Waals surface area contributed by atoms with Crippen molar-refractivity contribution in [1.82, 2.24) is 20.4 Å². The van der Waals surface area contributed by atoms with Crippen molar-refractivity contribution in [2.45, 2.75) is 19.0 Å². The zero-order valence-electron chi connectivity index (χ0n) is 20.5. The van der Waals surface area contributed by atoms with Crippen molar-refractivity contribution in [3.8, 4) is 5.69 Å². The van der Waals surface area contributed by atoms with E-state index in [-0.39, 0.29) is 5.91 Å². The van der Waals surface area contributed by atoms with E-state index in [0.717, 1.165) is 31.6 Å². The van der Waals surface area contributed by atoms with Crippen molar-refractivity contribution in [1.29, 1.82) is 0 Å². The fourth-order valence-electron chi connectivity index (χ4n) is 3.59. The smallest absolute Gasteiger partial charge is 0.475 e. The number of rotatable bonds is 6. The van der Waals surface area contributed by atoms with Crippen LogP contribution in [0.5, 0.6) is 0 Å². The molecule has 1 saturated heterocycles. The van der Waals surface area contributed by atoms with Gasteiger partial charge in [-0.3, -0.25) is 4.79 Å². The molecule has 39 heavy (non-hydrogen) atoms. The lowest BCUT2D eigenvalue weighted by Crippen LogP contribution is -2.36. The van der Waals surface area contributed by atoms with Crippen LogP contribution < -0.4 is 21.3 Å². The summed E-state index contributed by atoms with van der Waals surface area (Å²) in [6.07, 6.45) is 0.287. The molecule has 208 valence electrons. The average Bonchev–Trinajstić information content (AvgIpc) is 3.37. The van der Waals surface area contributed by atoms with Crippen LogP contribution in [0.25, 0.3) is 5.69 Å². The zero-order valence-corrected chi connectivity index (χ0v) is 21.2. The molecule has 1 fully saturated rings. The molecule has 0 spiro atoms.